The molecule has 1 rings (SSSR count). The van der Waals surface area contributed by atoms with E-state index in [-0.39, 0.29) is 0 Å². The molecule has 0 fully saturated rings. The molecule has 0 aliphatic carbocycles. The fourth-order valence-electron chi connectivity index (χ4n) is 1.10. The lowest BCUT2D eigenvalue weighted by molar-refractivity contribution is -0.107. The van der Waals surface area contributed by atoms with E-state index in [0.717, 1.165) is 24.8 Å². The molecule has 0 atom stereocenters. The van der Waals surface area contributed by atoms with E-state index in [0.29, 0.717) is 6.42 Å². The summed E-state index contributed by atoms with van der Waals surface area (Å²) in [4.78, 5) is 14.2. The fraction of sp³-hybridized carbons (Fsp3) is 0.400. The summed E-state index contributed by atoms with van der Waals surface area (Å²) in [7, 11) is 0. The Morgan fingerprint density at radius 3 is 3.08 bits per heavy atom. The average molecular weight is 163 g/mol. The van der Waals surface area contributed by atoms with Gasteiger partial charge in [0.25, 0.3) is 0 Å². The summed E-state index contributed by atoms with van der Waals surface area (Å²) in [6.45, 7) is 2.05. The van der Waals surface area contributed by atoms with Gasteiger partial charge < -0.3 is 4.79 Å². The van der Waals surface area contributed by atoms with Gasteiger partial charge in [0.1, 0.15) is 6.29 Å². The molecule has 0 aliphatic heterocycles. The molecule has 0 radical (unpaired) electrons. The van der Waals surface area contributed by atoms with Crippen molar-refractivity contribution in [2.45, 2.75) is 26.2 Å². The number of nitrogens with zero attached hydrogens (tertiary/aromatic N) is 1. The van der Waals surface area contributed by atoms with Crippen molar-refractivity contribution in [3.63, 3.8) is 0 Å². The van der Waals surface area contributed by atoms with Crippen molar-refractivity contribution >= 4 is 6.29 Å². The molecule has 2 heteroatoms. The summed E-state index contributed by atoms with van der Waals surface area (Å²) in [5.74, 6) is 0. The van der Waals surface area contributed by atoms with Gasteiger partial charge in [0, 0.05) is 18.3 Å². The van der Waals surface area contributed by atoms with Crippen LogP contribution in [0.2, 0.25) is 0 Å². The number of aryl methyl sites for hydroxylation is 2. The zero-order valence-electron chi connectivity index (χ0n) is 7.29. The number of hydrogen-bond donors (Lipinski definition) is 0. The second-order valence-electron chi connectivity index (χ2n) is 2.88. The van der Waals surface area contributed by atoms with Gasteiger partial charge >= 0.3 is 0 Å². The second-order valence-corrected chi connectivity index (χ2v) is 2.88. The van der Waals surface area contributed by atoms with Gasteiger partial charge in [-0.15, -0.1) is 0 Å². The molecule has 1 heterocycles. The summed E-state index contributed by atoms with van der Waals surface area (Å²) >= 11 is 0. The summed E-state index contributed by atoms with van der Waals surface area (Å²) in [6, 6.07) is 4.04. The van der Waals surface area contributed by atoms with E-state index in [1.54, 1.807) is 0 Å². The quantitative estimate of drug-likeness (QED) is 0.501. The number of pyridine rings is 1. The Labute approximate surface area is 72.6 Å². The van der Waals surface area contributed by atoms with E-state index in [9.17, 15) is 4.79 Å². The first-order valence-electron chi connectivity index (χ1n) is 4.18. The van der Waals surface area contributed by atoms with Crippen LogP contribution in [0.15, 0.2) is 18.3 Å². The summed E-state index contributed by atoms with van der Waals surface area (Å²) in [5, 5.41) is 0. The van der Waals surface area contributed by atoms with Crippen LogP contribution in [0.4, 0.5) is 0 Å². The molecule has 1 aromatic rings. The molecule has 64 valence electrons. The third-order valence-corrected chi connectivity index (χ3v) is 1.73. The molecule has 0 bridgehead atoms. The number of aldehydes is 1. The Hall–Kier alpha value is -1.18. The third-order valence-electron chi connectivity index (χ3n) is 1.73. The molecule has 0 aliphatic rings. The number of carbonyl (C=O) groups excluding carboxylic acids is 1. The van der Waals surface area contributed by atoms with Crippen molar-refractivity contribution in [2.75, 3.05) is 0 Å². The van der Waals surface area contributed by atoms with Crippen molar-refractivity contribution in [2.24, 2.45) is 0 Å². The molecule has 1 aromatic heterocycles. The lowest BCUT2D eigenvalue weighted by atomic mass is 10.1. The minimum atomic E-state index is 0.635. The SMILES string of the molecule is Cc1ccnc(CCCC=O)c1. The second kappa shape index (κ2) is 4.65. The maximum Gasteiger partial charge on any atom is 0.120 e. The van der Waals surface area contributed by atoms with Crippen molar-refractivity contribution < 1.29 is 4.79 Å². The molecule has 2 nitrogen and oxygen atoms in total. The van der Waals surface area contributed by atoms with E-state index in [2.05, 4.69) is 11.1 Å². The Balaban J connectivity index is 2.46. The van der Waals surface area contributed by atoms with Gasteiger partial charge in [-0.05, 0) is 37.5 Å². The van der Waals surface area contributed by atoms with Gasteiger partial charge in [-0.1, -0.05) is 0 Å². The monoisotopic (exact) mass is 163 g/mol. The zero-order valence-corrected chi connectivity index (χ0v) is 7.29. The summed E-state index contributed by atoms with van der Waals surface area (Å²) in [5.41, 5.74) is 2.31. The topological polar surface area (TPSA) is 30.0 Å². The van der Waals surface area contributed by atoms with Gasteiger partial charge in [0.15, 0.2) is 0 Å². The molecule has 0 saturated carbocycles. The highest BCUT2D eigenvalue weighted by atomic mass is 16.1. The fourth-order valence-corrected chi connectivity index (χ4v) is 1.10. The molecule has 0 amide bonds. The van der Waals surface area contributed by atoms with E-state index in [1.807, 2.05) is 19.2 Å². The van der Waals surface area contributed by atoms with Crippen LogP contribution in [0.3, 0.4) is 0 Å². The molecular weight excluding hydrogens is 150 g/mol. The van der Waals surface area contributed by atoms with Crippen LogP contribution in [0, 0.1) is 6.92 Å². The van der Waals surface area contributed by atoms with Gasteiger partial charge in [0.05, 0.1) is 0 Å². The minimum Gasteiger partial charge on any atom is -0.303 e. The molecule has 0 spiro atoms. The van der Waals surface area contributed by atoms with Crippen LogP contribution in [0.25, 0.3) is 0 Å². The number of hydrogen-bond acceptors (Lipinski definition) is 2. The van der Waals surface area contributed by atoms with Crippen molar-refractivity contribution in [1.82, 2.24) is 4.98 Å². The first-order valence-corrected chi connectivity index (χ1v) is 4.18. The van der Waals surface area contributed by atoms with E-state index < -0.39 is 0 Å². The van der Waals surface area contributed by atoms with Gasteiger partial charge in [-0.3, -0.25) is 4.98 Å². The highest BCUT2D eigenvalue weighted by Crippen LogP contribution is 2.03. The molecule has 0 aromatic carbocycles. The third kappa shape index (κ3) is 2.82. The Morgan fingerprint density at radius 1 is 1.58 bits per heavy atom. The lowest BCUT2D eigenvalue weighted by Gasteiger charge is -1.98. The van der Waals surface area contributed by atoms with Crippen LogP contribution < -0.4 is 0 Å². The van der Waals surface area contributed by atoms with Crippen molar-refractivity contribution in [3.05, 3.63) is 29.6 Å². The minimum absolute atomic E-state index is 0.635. The Bertz CT molecular complexity index is 258. The number of aromatic nitrogens is 1. The highest BCUT2D eigenvalue weighted by molar-refractivity contribution is 5.49. The molecular formula is C10H13NO. The van der Waals surface area contributed by atoms with E-state index in [4.69, 9.17) is 0 Å². The van der Waals surface area contributed by atoms with Crippen LogP contribution in [-0.2, 0) is 11.2 Å². The largest absolute Gasteiger partial charge is 0.303 e. The van der Waals surface area contributed by atoms with Gasteiger partial charge in [-0.25, -0.2) is 0 Å². The van der Waals surface area contributed by atoms with Gasteiger partial charge in [0.2, 0.25) is 0 Å². The summed E-state index contributed by atoms with van der Waals surface area (Å²) < 4.78 is 0. The normalized spacial score (nSPS) is 9.75. The summed E-state index contributed by atoms with van der Waals surface area (Å²) in [6.07, 6.45) is 5.21. The Morgan fingerprint density at radius 2 is 2.42 bits per heavy atom. The molecule has 0 saturated heterocycles. The zero-order chi connectivity index (χ0) is 8.81. The smallest absolute Gasteiger partial charge is 0.120 e. The first kappa shape index (κ1) is 8.91. The maximum atomic E-state index is 10.0. The number of unbranched alkanes of at least 4 members (excludes halogenated alkanes) is 1. The maximum absolute atomic E-state index is 10.0. The Kier molecular flexibility index (Phi) is 3.45. The van der Waals surface area contributed by atoms with E-state index >= 15 is 0 Å². The van der Waals surface area contributed by atoms with Crippen LogP contribution in [0.5, 0.6) is 0 Å². The van der Waals surface area contributed by atoms with Crippen LogP contribution in [-0.4, -0.2) is 11.3 Å². The molecule has 0 unspecified atom stereocenters. The lowest BCUT2D eigenvalue weighted by Crippen LogP contribution is -1.90. The van der Waals surface area contributed by atoms with E-state index in [1.165, 1.54) is 5.56 Å². The van der Waals surface area contributed by atoms with Crippen molar-refractivity contribution in [3.8, 4) is 0 Å². The predicted octanol–water partition coefficient (Wildman–Crippen LogP) is 1.91. The number of rotatable bonds is 4. The molecule has 0 N–H and O–H groups in total. The average Bonchev–Trinajstić information content (AvgIpc) is 2.05. The van der Waals surface area contributed by atoms with Crippen LogP contribution >= 0.6 is 0 Å². The molecule has 12 heavy (non-hydrogen) atoms. The van der Waals surface area contributed by atoms with Gasteiger partial charge in [-0.2, -0.15) is 0 Å². The predicted molar refractivity (Wildman–Crippen MR) is 48.0 cm³/mol. The first-order chi connectivity index (χ1) is 5.83. The number of carbonyl (C=O) groups is 1. The highest BCUT2D eigenvalue weighted by Gasteiger charge is 1.93. The standard InChI is InChI=1S/C10H13NO/c1-9-5-6-11-10(8-9)4-2-3-7-12/h5-8H,2-4H2,1H3. The van der Waals surface area contributed by atoms with Crippen molar-refractivity contribution in [1.29, 1.82) is 0 Å². The van der Waals surface area contributed by atoms with Crippen LogP contribution in [0.1, 0.15) is 24.1 Å².